The molecule has 0 aliphatic heterocycles. The third-order valence-corrected chi connectivity index (χ3v) is 3.03. The second-order valence-electron chi connectivity index (χ2n) is 4.50. The Bertz CT molecular complexity index is 591. The maximum Gasteiger partial charge on any atom is 0.274 e. The molecule has 1 aromatic rings. The molecule has 1 saturated carbocycles. The summed E-state index contributed by atoms with van der Waals surface area (Å²) in [6.07, 6.45) is 3.81. The number of hydrogen-bond donors (Lipinski definition) is 1. The lowest BCUT2D eigenvalue weighted by molar-refractivity contribution is 0.0740. The number of aromatic nitrogens is 1. The Balaban J connectivity index is 2.25. The molecule has 1 heterocycles. The van der Waals surface area contributed by atoms with Crippen LogP contribution in [0.15, 0.2) is 18.3 Å². The molecular formula is C15H15N3O2. The number of carbonyl (C=O) groups is 1. The SMILES string of the molecule is N#CCCN(C(=O)c1ncccc1C#CCO)C1CC1. The summed E-state index contributed by atoms with van der Waals surface area (Å²) in [5.74, 6) is 5.08. The molecule has 0 unspecified atom stereocenters. The highest BCUT2D eigenvalue weighted by atomic mass is 16.2. The molecule has 20 heavy (non-hydrogen) atoms. The fraction of sp³-hybridized carbons (Fsp3) is 0.400. The van der Waals surface area contributed by atoms with Crippen molar-refractivity contribution in [2.45, 2.75) is 25.3 Å². The standard InChI is InChI=1S/C15H15N3O2/c16-8-3-10-18(13-6-7-13)15(20)14-12(5-2-11-19)4-1-9-17-14/h1,4,9,13,19H,3,6-7,10-11H2. The van der Waals surface area contributed by atoms with Crippen molar-refractivity contribution in [1.82, 2.24) is 9.88 Å². The van der Waals surface area contributed by atoms with Gasteiger partial charge in [-0.25, -0.2) is 4.98 Å². The van der Waals surface area contributed by atoms with Crippen LogP contribution in [-0.2, 0) is 0 Å². The zero-order valence-corrected chi connectivity index (χ0v) is 11.0. The smallest absolute Gasteiger partial charge is 0.274 e. The van der Waals surface area contributed by atoms with E-state index in [1.807, 2.05) is 0 Å². The molecule has 0 radical (unpaired) electrons. The van der Waals surface area contributed by atoms with Gasteiger partial charge in [0, 0.05) is 18.8 Å². The van der Waals surface area contributed by atoms with Gasteiger partial charge in [0.25, 0.3) is 5.91 Å². The average Bonchev–Trinajstić information content (AvgIpc) is 3.30. The van der Waals surface area contributed by atoms with Crippen LogP contribution in [0.5, 0.6) is 0 Å². The van der Waals surface area contributed by atoms with Crippen molar-refractivity contribution >= 4 is 5.91 Å². The second-order valence-corrected chi connectivity index (χ2v) is 4.50. The van der Waals surface area contributed by atoms with Gasteiger partial charge in [-0.05, 0) is 25.0 Å². The van der Waals surface area contributed by atoms with E-state index in [9.17, 15) is 4.79 Å². The van der Waals surface area contributed by atoms with Gasteiger partial charge in [0.15, 0.2) is 0 Å². The third-order valence-electron chi connectivity index (χ3n) is 3.03. The van der Waals surface area contributed by atoms with Gasteiger partial charge in [-0.15, -0.1) is 0 Å². The number of aliphatic hydroxyl groups excluding tert-OH is 1. The molecule has 0 saturated heterocycles. The highest BCUT2D eigenvalue weighted by Gasteiger charge is 2.33. The Morgan fingerprint density at radius 1 is 1.55 bits per heavy atom. The monoisotopic (exact) mass is 269 g/mol. The first-order chi connectivity index (χ1) is 9.77. The minimum Gasteiger partial charge on any atom is -0.384 e. The molecule has 1 amide bonds. The first-order valence-electron chi connectivity index (χ1n) is 6.50. The Hall–Kier alpha value is -2.37. The molecule has 1 aliphatic carbocycles. The zero-order valence-electron chi connectivity index (χ0n) is 11.0. The number of hydrogen-bond acceptors (Lipinski definition) is 4. The number of pyridine rings is 1. The van der Waals surface area contributed by atoms with Gasteiger partial charge in [-0.2, -0.15) is 5.26 Å². The van der Waals surface area contributed by atoms with Crippen LogP contribution in [0.25, 0.3) is 0 Å². The fourth-order valence-corrected chi connectivity index (χ4v) is 1.95. The lowest BCUT2D eigenvalue weighted by atomic mass is 10.1. The van der Waals surface area contributed by atoms with E-state index in [0.717, 1.165) is 12.8 Å². The van der Waals surface area contributed by atoms with Crippen LogP contribution in [0.1, 0.15) is 35.3 Å². The van der Waals surface area contributed by atoms with Gasteiger partial charge in [-0.3, -0.25) is 4.79 Å². The quantitative estimate of drug-likeness (QED) is 0.825. The van der Waals surface area contributed by atoms with Gasteiger partial charge in [-0.1, -0.05) is 11.8 Å². The van der Waals surface area contributed by atoms with Crippen molar-refractivity contribution in [3.05, 3.63) is 29.6 Å². The number of carbonyl (C=O) groups excluding carboxylic acids is 1. The van der Waals surface area contributed by atoms with Crippen LogP contribution in [-0.4, -0.2) is 40.1 Å². The summed E-state index contributed by atoms with van der Waals surface area (Å²) >= 11 is 0. The lowest BCUT2D eigenvalue weighted by Crippen LogP contribution is -2.35. The summed E-state index contributed by atoms with van der Waals surface area (Å²) in [6.45, 7) is 0.159. The molecule has 5 heteroatoms. The highest BCUT2D eigenvalue weighted by Crippen LogP contribution is 2.28. The van der Waals surface area contributed by atoms with Crippen LogP contribution in [0.4, 0.5) is 0 Å². The normalized spacial score (nSPS) is 13.0. The Labute approximate surface area is 117 Å². The van der Waals surface area contributed by atoms with E-state index < -0.39 is 0 Å². The van der Waals surface area contributed by atoms with Crippen LogP contribution >= 0.6 is 0 Å². The summed E-state index contributed by atoms with van der Waals surface area (Å²) in [7, 11) is 0. The number of amides is 1. The fourth-order valence-electron chi connectivity index (χ4n) is 1.95. The molecule has 0 bridgehead atoms. The van der Waals surface area contributed by atoms with Crippen LogP contribution in [0.3, 0.4) is 0 Å². The molecule has 0 aromatic carbocycles. The maximum atomic E-state index is 12.5. The minimum absolute atomic E-state index is 0.189. The molecule has 5 nitrogen and oxygen atoms in total. The topological polar surface area (TPSA) is 77.2 Å². The molecule has 1 fully saturated rings. The summed E-state index contributed by atoms with van der Waals surface area (Å²) in [6, 6.07) is 5.69. The lowest BCUT2D eigenvalue weighted by Gasteiger charge is -2.21. The van der Waals surface area contributed by atoms with Crippen molar-refractivity contribution in [2.24, 2.45) is 0 Å². The molecule has 1 aliphatic rings. The number of nitrogens with zero attached hydrogens (tertiary/aromatic N) is 3. The summed E-state index contributed by atoms with van der Waals surface area (Å²) in [5.41, 5.74) is 0.799. The first kappa shape index (κ1) is 14.0. The molecule has 102 valence electrons. The van der Waals surface area contributed by atoms with E-state index in [4.69, 9.17) is 10.4 Å². The van der Waals surface area contributed by atoms with E-state index in [1.165, 1.54) is 0 Å². The van der Waals surface area contributed by atoms with E-state index in [-0.39, 0.29) is 18.6 Å². The Morgan fingerprint density at radius 3 is 3.00 bits per heavy atom. The first-order valence-corrected chi connectivity index (χ1v) is 6.50. The minimum atomic E-state index is -0.261. The summed E-state index contributed by atoms with van der Waals surface area (Å²) < 4.78 is 0. The van der Waals surface area contributed by atoms with Crippen molar-refractivity contribution < 1.29 is 9.90 Å². The Morgan fingerprint density at radius 2 is 2.35 bits per heavy atom. The second kappa shape index (κ2) is 6.70. The maximum absolute atomic E-state index is 12.5. The van der Waals surface area contributed by atoms with E-state index in [1.54, 1.807) is 23.2 Å². The zero-order chi connectivity index (χ0) is 14.4. The van der Waals surface area contributed by atoms with Gasteiger partial charge >= 0.3 is 0 Å². The average molecular weight is 269 g/mol. The molecule has 1 N–H and O–H groups in total. The van der Waals surface area contributed by atoms with E-state index in [2.05, 4.69) is 22.9 Å². The predicted octanol–water partition coefficient (Wildman–Crippen LogP) is 0.944. The highest BCUT2D eigenvalue weighted by molar-refractivity contribution is 5.95. The molecule has 1 aromatic heterocycles. The predicted molar refractivity (Wildman–Crippen MR) is 72.5 cm³/mol. The molecule has 0 spiro atoms. The largest absolute Gasteiger partial charge is 0.384 e. The van der Waals surface area contributed by atoms with E-state index >= 15 is 0 Å². The third kappa shape index (κ3) is 3.34. The van der Waals surface area contributed by atoms with Crippen molar-refractivity contribution in [1.29, 1.82) is 5.26 Å². The van der Waals surface area contributed by atoms with Crippen LogP contribution < -0.4 is 0 Å². The van der Waals surface area contributed by atoms with Gasteiger partial charge in [0.2, 0.25) is 0 Å². The summed E-state index contributed by atoms with van der Waals surface area (Å²) in [5, 5.41) is 17.4. The number of nitriles is 1. The number of rotatable bonds is 4. The van der Waals surface area contributed by atoms with Crippen molar-refractivity contribution in [2.75, 3.05) is 13.2 Å². The van der Waals surface area contributed by atoms with Crippen molar-refractivity contribution in [3.8, 4) is 17.9 Å². The van der Waals surface area contributed by atoms with Crippen LogP contribution in [0, 0.1) is 23.2 Å². The van der Waals surface area contributed by atoms with E-state index in [0.29, 0.717) is 24.2 Å². The molecule has 0 atom stereocenters. The van der Waals surface area contributed by atoms with Gasteiger partial charge in [0.1, 0.15) is 12.3 Å². The van der Waals surface area contributed by atoms with Gasteiger partial charge in [0.05, 0.1) is 18.1 Å². The molecule has 2 rings (SSSR count). The van der Waals surface area contributed by atoms with Crippen molar-refractivity contribution in [3.63, 3.8) is 0 Å². The molecular weight excluding hydrogens is 254 g/mol. The summed E-state index contributed by atoms with van der Waals surface area (Å²) in [4.78, 5) is 18.4. The van der Waals surface area contributed by atoms with Gasteiger partial charge < -0.3 is 10.0 Å². The Kier molecular flexibility index (Phi) is 4.70. The van der Waals surface area contributed by atoms with Crippen LogP contribution in [0.2, 0.25) is 0 Å². The number of aliphatic hydroxyl groups is 1.